The van der Waals surface area contributed by atoms with Crippen LogP contribution in [0.25, 0.3) is 27.5 Å². The van der Waals surface area contributed by atoms with Gasteiger partial charge in [-0.25, -0.2) is 4.79 Å². The van der Waals surface area contributed by atoms with Crippen molar-refractivity contribution in [2.45, 2.75) is 6.92 Å². The first-order chi connectivity index (χ1) is 12.2. The summed E-state index contributed by atoms with van der Waals surface area (Å²) in [6, 6.07) is 24.1. The van der Waals surface area contributed by atoms with E-state index in [2.05, 4.69) is 35.4 Å². The van der Waals surface area contributed by atoms with Crippen molar-refractivity contribution in [3.05, 3.63) is 84.9 Å². The van der Waals surface area contributed by atoms with Gasteiger partial charge >= 0.3 is 5.97 Å². The largest absolute Gasteiger partial charge is 0.422 e. The summed E-state index contributed by atoms with van der Waals surface area (Å²) in [7, 11) is 0. The van der Waals surface area contributed by atoms with Gasteiger partial charge in [0.1, 0.15) is 5.75 Å². The SMILES string of the molecule is C=C(C)C(=O)Oc1cccc2c1c1ccccc1n2-c1ccccc1. The third-order valence-corrected chi connectivity index (χ3v) is 4.22. The molecule has 0 bridgehead atoms. The monoisotopic (exact) mass is 327 g/mol. The second kappa shape index (κ2) is 5.95. The summed E-state index contributed by atoms with van der Waals surface area (Å²) in [5.74, 6) is 0.139. The standard InChI is InChI=1S/C22H17NO2/c1-15(2)22(24)25-20-14-8-13-19-21(20)17-11-6-7-12-18(17)23(19)16-9-4-3-5-10-16/h3-14H,1H2,2H3. The number of aromatic nitrogens is 1. The molecule has 25 heavy (non-hydrogen) atoms. The Balaban J connectivity index is 2.06. The molecule has 0 N–H and O–H groups in total. The molecule has 4 rings (SSSR count). The highest BCUT2D eigenvalue weighted by Crippen LogP contribution is 2.37. The number of hydrogen-bond donors (Lipinski definition) is 0. The van der Waals surface area contributed by atoms with Crippen molar-refractivity contribution in [2.24, 2.45) is 0 Å². The first kappa shape index (κ1) is 15.2. The molecule has 122 valence electrons. The van der Waals surface area contributed by atoms with Crippen molar-refractivity contribution < 1.29 is 9.53 Å². The summed E-state index contributed by atoms with van der Waals surface area (Å²) in [4.78, 5) is 12.0. The maximum absolute atomic E-state index is 12.0. The molecule has 0 saturated heterocycles. The van der Waals surface area contributed by atoms with E-state index in [-0.39, 0.29) is 0 Å². The molecule has 0 aliphatic rings. The zero-order chi connectivity index (χ0) is 17.4. The number of carbonyl (C=O) groups is 1. The van der Waals surface area contributed by atoms with Gasteiger partial charge in [0.25, 0.3) is 0 Å². The lowest BCUT2D eigenvalue weighted by Crippen LogP contribution is -2.08. The van der Waals surface area contributed by atoms with Crippen LogP contribution in [0.3, 0.4) is 0 Å². The summed E-state index contributed by atoms with van der Waals surface area (Å²) in [5.41, 5.74) is 3.52. The zero-order valence-electron chi connectivity index (χ0n) is 13.9. The quantitative estimate of drug-likeness (QED) is 0.292. The second-order valence-electron chi connectivity index (χ2n) is 6.01. The van der Waals surface area contributed by atoms with E-state index in [4.69, 9.17) is 4.74 Å². The van der Waals surface area contributed by atoms with Gasteiger partial charge in [0.15, 0.2) is 0 Å². The number of hydrogen-bond acceptors (Lipinski definition) is 2. The van der Waals surface area contributed by atoms with E-state index < -0.39 is 5.97 Å². The van der Waals surface area contributed by atoms with Gasteiger partial charge in [0.2, 0.25) is 0 Å². The summed E-state index contributed by atoms with van der Waals surface area (Å²) >= 11 is 0. The number of nitrogens with zero attached hydrogens (tertiary/aromatic N) is 1. The van der Waals surface area contributed by atoms with Crippen LogP contribution in [0, 0.1) is 0 Å². The summed E-state index contributed by atoms with van der Waals surface area (Å²) < 4.78 is 7.78. The summed E-state index contributed by atoms with van der Waals surface area (Å²) in [5, 5.41) is 1.98. The van der Waals surface area contributed by atoms with E-state index in [1.165, 1.54) is 0 Å². The number of carbonyl (C=O) groups excluding carboxylic acids is 1. The van der Waals surface area contributed by atoms with Gasteiger partial charge in [-0.05, 0) is 37.3 Å². The molecule has 0 saturated carbocycles. The fourth-order valence-corrected chi connectivity index (χ4v) is 3.11. The van der Waals surface area contributed by atoms with E-state index in [0.29, 0.717) is 11.3 Å². The Morgan fingerprint density at radius 3 is 2.32 bits per heavy atom. The Bertz CT molecular complexity index is 1110. The van der Waals surface area contributed by atoms with Crippen molar-refractivity contribution in [3.8, 4) is 11.4 Å². The number of fused-ring (bicyclic) bond motifs is 3. The number of esters is 1. The maximum atomic E-state index is 12.0. The highest BCUT2D eigenvalue weighted by atomic mass is 16.5. The summed E-state index contributed by atoms with van der Waals surface area (Å²) in [6.07, 6.45) is 0. The van der Waals surface area contributed by atoms with Crippen LogP contribution in [0.5, 0.6) is 5.75 Å². The molecular formula is C22H17NO2. The van der Waals surface area contributed by atoms with Gasteiger partial charge in [0, 0.05) is 16.6 Å². The molecule has 0 aliphatic carbocycles. The van der Waals surface area contributed by atoms with Crippen molar-refractivity contribution in [1.82, 2.24) is 4.57 Å². The highest BCUT2D eigenvalue weighted by Gasteiger charge is 2.17. The smallest absolute Gasteiger partial charge is 0.338 e. The molecule has 3 aromatic carbocycles. The second-order valence-corrected chi connectivity index (χ2v) is 6.01. The third-order valence-electron chi connectivity index (χ3n) is 4.22. The molecule has 0 amide bonds. The lowest BCUT2D eigenvalue weighted by Gasteiger charge is -2.08. The minimum Gasteiger partial charge on any atom is -0.422 e. The molecule has 0 atom stereocenters. The predicted molar refractivity (Wildman–Crippen MR) is 101 cm³/mol. The number of ether oxygens (including phenoxy) is 1. The average Bonchev–Trinajstić information content (AvgIpc) is 2.97. The fourth-order valence-electron chi connectivity index (χ4n) is 3.11. The first-order valence-electron chi connectivity index (χ1n) is 8.12. The molecule has 0 spiro atoms. The van der Waals surface area contributed by atoms with Crippen LogP contribution < -0.4 is 4.74 Å². The minimum atomic E-state index is -0.413. The molecule has 4 aromatic rings. The number of rotatable bonds is 3. The van der Waals surface area contributed by atoms with Crippen LogP contribution in [0.1, 0.15) is 6.92 Å². The van der Waals surface area contributed by atoms with Crippen LogP contribution in [0.2, 0.25) is 0 Å². The van der Waals surface area contributed by atoms with E-state index in [9.17, 15) is 4.79 Å². The van der Waals surface area contributed by atoms with Crippen molar-refractivity contribution >= 4 is 27.8 Å². The van der Waals surface area contributed by atoms with Gasteiger partial charge in [-0.1, -0.05) is 49.0 Å². The molecule has 0 radical (unpaired) electrons. The minimum absolute atomic E-state index is 0.379. The Hall–Kier alpha value is -3.33. The van der Waals surface area contributed by atoms with Crippen molar-refractivity contribution in [1.29, 1.82) is 0 Å². The van der Waals surface area contributed by atoms with Crippen molar-refractivity contribution in [2.75, 3.05) is 0 Å². The van der Waals surface area contributed by atoms with Crippen LogP contribution >= 0.6 is 0 Å². The van der Waals surface area contributed by atoms with Gasteiger partial charge in [0.05, 0.1) is 16.4 Å². The van der Waals surface area contributed by atoms with E-state index in [1.807, 2.05) is 48.5 Å². The molecule has 3 nitrogen and oxygen atoms in total. The zero-order valence-corrected chi connectivity index (χ0v) is 13.9. The third kappa shape index (κ3) is 2.50. The lowest BCUT2D eigenvalue weighted by atomic mass is 10.1. The molecule has 0 fully saturated rings. The Morgan fingerprint density at radius 2 is 1.56 bits per heavy atom. The first-order valence-corrected chi connectivity index (χ1v) is 8.12. The van der Waals surface area contributed by atoms with Gasteiger partial charge in [-0.3, -0.25) is 0 Å². The fraction of sp³-hybridized carbons (Fsp3) is 0.0455. The van der Waals surface area contributed by atoms with E-state index in [0.717, 1.165) is 27.5 Å². The topological polar surface area (TPSA) is 31.2 Å². The Morgan fingerprint density at radius 1 is 0.880 bits per heavy atom. The van der Waals surface area contributed by atoms with Gasteiger partial charge in [-0.2, -0.15) is 0 Å². The molecule has 3 heteroatoms. The average molecular weight is 327 g/mol. The number of benzene rings is 3. The van der Waals surface area contributed by atoms with Crippen LogP contribution in [-0.2, 0) is 4.79 Å². The highest BCUT2D eigenvalue weighted by molar-refractivity contribution is 6.13. The molecule has 1 aromatic heterocycles. The molecule has 1 heterocycles. The van der Waals surface area contributed by atoms with Gasteiger partial charge in [-0.15, -0.1) is 0 Å². The Labute approximate surface area is 145 Å². The normalized spacial score (nSPS) is 10.9. The molecule has 0 aliphatic heterocycles. The van der Waals surface area contributed by atoms with Gasteiger partial charge < -0.3 is 9.30 Å². The molecule has 0 unspecified atom stereocenters. The van der Waals surface area contributed by atoms with Crippen LogP contribution in [-0.4, -0.2) is 10.5 Å². The van der Waals surface area contributed by atoms with Crippen LogP contribution in [0.4, 0.5) is 0 Å². The van der Waals surface area contributed by atoms with Crippen LogP contribution in [0.15, 0.2) is 84.9 Å². The Kier molecular flexibility index (Phi) is 3.62. The molecular weight excluding hydrogens is 310 g/mol. The number of para-hydroxylation sites is 2. The summed E-state index contributed by atoms with van der Waals surface area (Å²) in [6.45, 7) is 5.32. The maximum Gasteiger partial charge on any atom is 0.338 e. The van der Waals surface area contributed by atoms with E-state index >= 15 is 0 Å². The lowest BCUT2D eigenvalue weighted by molar-refractivity contribution is -0.129. The van der Waals surface area contributed by atoms with E-state index in [1.54, 1.807) is 6.92 Å². The predicted octanol–water partition coefficient (Wildman–Crippen LogP) is 5.27. The van der Waals surface area contributed by atoms with Crippen molar-refractivity contribution in [3.63, 3.8) is 0 Å².